The summed E-state index contributed by atoms with van der Waals surface area (Å²) in [6, 6.07) is 7.41. The Bertz CT molecular complexity index is 593. The van der Waals surface area contributed by atoms with Crippen LogP contribution in [-0.2, 0) is 6.42 Å². The van der Waals surface area contributed by atoms with Crippen molar-refractivity contribution in [2.75, 3.05) is 7.05 Å². The van der Waals surface area contributed by atoms with Crippen molar-refractivity contribution in [3.63, 3.8) is 0 Å². The molecule has 114 valence electrons. The number of nitrogens with one attached hydrogen (secondary N) is 1. The van der Waals surface area contributed by atoms with Gasteiger partial charge in [0.1, 0.15) is 11.5 Å². The molecule has 1 heterocycles. The van der Waals surface area contributed by atoms with Crippen LogP contribution in [0, 0.1) is 0 Å². The van der Waals surface area contributed by atoms with E-state index in [0.29, 0.717) is 12.0 Å². The van der Waals surface area contributed by atoms with Gasteiger partial charge in [-0.15, -0.1) is 13.2 Å². The molecule has 0 radical (unpaired) electrons. The summed E-state index contributed by atoms with van der Waals surface area (Å²) in [7, 11) is 1.68. The van der Waals surface area contributed by atoms with E-state index >= 15 is 0 Å². The van der Waals surface area contributed by atoms with Gasteiger partial charge < -0.3 is 14.5 Å². The molecule has 6 heteroatoms. The fourth-order valence-corrected chi connectivity index (χ4v) is 2.31. The molecule has 21 heavy (non-hydrogen) atoms. The van der Waals surface area contributed by atoms with Crippen LogP contribution in [0.5, 0.6) is 5.75 Å². The van der Waals surface area contributed by atoms with Crippen molar-refractivity contribution >= 4 is 0 Å². The Morgan fingerprint density at radius 1 is 1.19 bits per heavy atom. The van der Waals surface area contributed by atoms with Gasteiger partial charge in [0.15, 0.2) is 0 Å². The molecular formula is C15H16F3NO2. The summed E-state index contributed by atoms with van der Waals surface area (Å²) in [5, 5.41) is 3.01. The summed E-state index contributed by atoms with van der Waals surface area (Å²) < 4.78 is 47.0. The molecule has 1 aromatic heterocycles. The Morgan fingerprint density at radius 3 is 2.52 bits per heavy atom. The largest absolute Gasteiger partial charge is 0.573 e. The first kappa shape index (κ1) is 15.4. The second kappa shape index (κ2) is 6.22. The van der Waals surface area contributed by atoms with Gasteiger partial charge in [-0.05, 0) is 19.2 Å². The van der Waals surface area contributed by atoms with E-state index in [2.05, 4.69) is 10.1 Å². The Kier molecular flexibility index (Phi) is 4.57. The van der Waals surface area contributed by atoms with E-state index in [1.807, 2.05) is 6.92 Å². The van der Waals surface area contributed by atoms with Crippen LogP contribution in [0.15, 0.2) is 41.0 Å². The number of furan rings is 1. The highest BCUT2D eigenvalue weighted by Gasteiger charge is 2.33. The summed E-state index contributed by atoms with van der Waals surface area (Å²) in [5.74, 6) is 0.517. The number of aryl methyl sites for hydroxylation is 1. The lowest BCUT2D eigenvalue weighted by Crippen LogP contribution is -2.22. The Labute approximate surface area is 120 Å². The van der Waals surface area contributed by atoms with Crippen molar-refractivity contribution < 1.29 is 22.3 Å². The molecule has 0 saturated carbocycles. The van der Waals surface area contributed by atoms with Crippen LogP contribution in [0.3, 0.4) is 0 Å². The van der Waals surface area contributed by atoms with E-state index in [0.717, 1.165) is 11.3 Å². The highest BCUT2D eigenvalue weighted by molar-refractivity contribution is 5.42. The number of para-hydroxylation sites is 1. The highest BCUT2D eigenvalue weighted by Crippen LogP contribution is 2.34. The van der Waals surface area contributed by atoms with Crippen molar-refractivity contribution in [2.45, 2.75) is 25.7 Å². The van der Waals surface area contributed by atoms with Gasteiger partial charge in [-0.2, -0.15) is 0 Å². The molecule has 3 nitrogen and oxygen atoms in total. The van der Waals surface area contributed by atoms with Crippen LogP contribution in [0.4, 0.5) is 13.2 Å². The lowest BCUT2D eigenvalue weighted by molar-refractivity contribution is -0.275. The smallest absolute Gasteiger partial charge is 0.469 e. The highest BCUT2D eigenvalue weighted by atomic mass is 19.4. The normalized spacial score (nSPS) is 13.2. The Morgan fingerprint density at radius 2 is 1.90 bits per heavy atom. The Balaban J connectivity index is 2.43. The predicted octanol–water partition coefficient (Wildman–Crippen LogP) is 4.05. The van der Waals surface area contributed by atoms with Crippen LogP contribution in [0.1, 0.15) is 29.9 Å². The van der Waals surface area contributed by atoms with E-state index < -0.39 is 12.4 Å². The van der Waals surface area contributed by atoms with Gasteiger partial charge in [-0.25, -0.2) is 0 Å². The molecule has 0 aliphatic heterocycles. The third kappa shape index (κ3) is 3.58. The van der Waals surface area contributed by atoms with Crippen molar-refractivity contribution in [3.8, 4) is 5.75 Å². The molecule has 0 fully saturated rings. The van der Waals surface area contributed by atoms with Crippen molar-refractivity contribution in [1.29, 1.82) is 0 Å². The van der Waals surface area contributed by atoms with Crippen LogP contribution < -0.4 is 10.1 Å². The van der Waals surface area contributed by atoms with Gasteiger partial charge in [0, 0.05) is 17.5 Å². The fourth-order valence-electron chi connectivity index (χ4n) is 2.31. The van der Waals surface area contributed by atoms with E-state index in [4.69, 9.17) is 4.42 Å². The summed E-state index contributed by atoms with van der Waals surface area (Å²) in [4.78, 5) is 0. The zero-order valence-electron chi connectivity index (χ0n) is 11.7. The first-order valence-corrected chi connectivity index (χ1v) is 6.54. The number of hydrogen-bond donors (Lipinski definition) is 1. The van der Waals surface area contributed by atoms with Gasteiger partial charge in [0.05, 0.1) is 12.3 Å². The van der Waals surface area contributed by atoms with Crippen LogP contribution in [-0.4, -0.2) is 13.4 Å². The van der Waals surface area contributed by atoms with Gasteiger partial charge in [-0.1, -0.05) is 25.1 Å². The van der Waals surface area contributed by atoms with Gasteiger partial charge in [-0.3, -0.25) is 0 Å². The number of ether oxygens (including phenoxy) is 1. The SMILES string of the molecule is CCc1occc1C(NC)c1ccccc1OC(F)(F)F. The average molecular weight is 299 g/mol. The zero-order valence-corrected chi connectivity index (χ0v) is 11.7. The minimum atomic E-state index is -4.72. The zero-order chi connectivity index (χ0) is 15.5. The number of halogens is 3. The molecule has 0 aliphatic carbocycles. The number of alkyl halides is 3. The van der Waals surface area contributed by atoms with E-state index in [-0.39, 0.29) is 5.75 Å². The van der Waals surface area contributed by atoms with Crippen LogP contribution in [0.25, 0.3) is 0 Å². The summed E-state index contributed by atoms with van der Waals surface area (Å²) in [6.07, 6.45) is -2.53. The molecule has 0 bridgehead atoms. The second-order valence-electron chi connectivity index (χ2n) is 4.46. The molecule has 0 spiro atoms. The van der Waals surface area contributed by atoms with Gasteiger partial charge in [0.2, 0.25) is 0 Å². The molecule has 1 unspecified atom stereocenters. The molecular weight excluding hydrogens is 283 g/mol. The van der Waals surface area contributed by atoms with Crippen molar-refractivity contribution in [2.24, 2.45) is 0 Å². The first-order chi connectivity index (χ1) is 9.96. The van der Waals surface area contributed by atoms with Gasteiger partial charge in [0.25, 0.3) is 0 Å². The number of hydrogen-bond acceptors (Lipinski definition) is 3. The first-order valence-electron chi connectivity index (χ1n) is 6.54. The van der Waals surface area contributed by atoms with E-state index in [1.54, 1.807) is 25.2 Å². The lowest BCUT2D eigenvalue weighted by atomic mass is 9.97. The monoisotopic (exact) mass is 299 g/mol. The minimum Gasteiger partial charge on any atom is -0.469 e. The van der Waals surface area contributed by atoms with Crippen molar-refractivity contribution in [3.05, 3.63) is 53.5 Å². The molecule has 2 aromatic rings. The maximum absolute atomic E-state index is 12.5. The number of rotatable bonds is 5. The molecule has 0 amide bonds. The second-order valence-corrected chi connectivity index (χ2v) is 4.46. The van der Waals surface area contributed by atoms with E-state index in [1.165, 1.54) is 18.4 Å². The fraction of sp³-hybridized carbons (Fsp3) is 0.333. The minimum absolute atomic E-state index is 0.215. The Hall–Kier alpha value is -1.95. The van der Waals surface area contributed by atoms with Crippen LogP contribution >= 0.6 is 0 Å². The lowest BCUT2D eigenvalue weighted by Gasteiger charge is -2.20. The molecule has 1 aromatic carbocycles. The quantitative estimate of drug-likeness (QED) is 0.904. The maximum Gasteiger partial charge on any atom is 0.573 e. The van der Waals surface area contributed by atoms with Crippen LogP contribution in [0.2, 0.25) is 0 Å². The molecule has 1 atom stereocenters. The number of benzene rings is 1. The van der Waals surface area contributed by atoms with E-state index in [9.17, 15) is 13.2 Å². The maximum atomic E-state index is 12.5. The van der Waals surface area contributed by atoms with Crippen molar-refractivity contribution in [1.82, 2.24) is 5.32 Å². The summed E-state index contributed by atoms with van der Waals surface area (Å²) >= 11 is 0. The summed E-state index contributed by atoms with van der Waals surface area (Å²) in [5.41, 5.74) is 1.21. The molecule has 1 N–H and O–H groups in total. The summed E-state index contributed by atoms with van der Waals surface area (Å²) in [6.45, 7) is 1.92. The third-order valence-corrected chi connectivity index (χ3v) is 3.16. The third-order valence-electron chi connectivity index (χ3n) is 3.16. The molecule has 0 aliphatic rings. The standard InChI is InChI=1S/C15H16F3NO2/c1-3-12-11(8-9-20-12)14(19-2)10-6-4-5-7-13(10)21-15(16,17)18/h4-9,14,19H,3H2,1-2H3. The topological polar surface area (TPSA) is 34.4 Å². The molecule has 0 saturated heterocycles. The van der Waals surface area contributed by atoms with Gasteiger partial charge >= 0.3 is 6.36 Å². The predicted molar refractivity (Wildman–Crippen MR) is 72.1 cm³/mol. The molecule has 2 rings (SSSR count). The average Bonchev–Trinajstić information content (AvgIpc) is 2.88.